The van der Waals surface area contributed by atoms with Gasteiger partial charge in [0.05, 0.1) is 6.20 Å². The number of piperazine rings is 1. The Hall–Kier alpha value is -3.29. The van der Waals surface area contributed by atoms with Gasteiger partial charge >= 0.3 is 0 Å². The van der Waals surface area contributed by atoms with Gasteiger partial charge in [-0.15, -0.1) is 5.10 Å². The van der Waals surface area contributed by atoms with Crippen LogP contribution in [0.1, 0.15) is 6.92 Å². The Kier molecular flexibility index (Phi) is 5.04. The van der Waals surface area contributed by atoms with E-state index in [1.165, 1.54) is 0 Å². The molecule has 3 heterocycles. The van der Waals surface area contributed by atoms with Crippen LogP contribution in [0.4, 0.5) is 23.4 Å². The van der Waals surface area contributed by atoms with Crippen molar-refractivity contribution in [3.05, 3.63) is 55.0 Å². The molecule has 1 fully saturated rings. The first-order valence-corrected chi connectivity index (χ1v) is 9.14. The molecule has 27 heavy (non-hydrogen) atoms. The normalized spacial score (nSPS) is 14.3. The predicted molar refractivity (Wildman–Crippen MR) is 105 cm³/mol. The molecule has 0 N–H and O–H groups in total. The molecule has 2 aromatic heterocycles. The predicted octanol–water partition coefficient (Wildman–Crippen LogP) is 2.15. The van der Waals surface area contributed by atoms with Crippen LogP contribution in [-0.2, 0) is 0 Å². The van der Waals surface area contributed by atoms with Crippen LogP contribution in [0.15, 0.2) is 55.0 Å². The molecule has 0 amide bonds. The molecule has 3 aromatic rings. The summed E-state index contributed by atoms with van der Waals surface area (Å²) in [5, 5.41) is 8.46. The molecule has 1 aliphatic heterocycles. The van der Waals surface area contributed by atoms with E-state index >= 15 is 0 Å². The number of benzene rings is 1. The summed E-state index contributed by atoms with van der Waals surface area (Å²) in [5.41, 5.74) is 1.09. The van der Waals surface area contributed by atoms with E-state index < -0.39 is 0 Å². The Morgan fingerprint density at radius 2 is 1.56 bits per heavy atom. The first-order chi connectivity index (χ1) is 13.3. The van der Waals surface area contributed by atoms with E-state index in [2.05, 4.69) is 53.9 Å². The standard InChI is InChI=1S/C19H22N8/c1-2-27(16-7-4-3-5-8-16)17-15-22-24-19(23-17)26-13-11-25(12-14-26)18-20-9-6-10-21-18/h3-10,15H,2,11-14H2,1H3. The minimum atomic E-state index is 0.663. The Labute approximate surface area is 158 Å². The third-order valence-electron chi connectivity index (χ3n) is 4.59. The van der Waals surface area contributed by atoms with Crippen molar-refractivity contribution in [2.24, 2.45) is 0 Å². The summed E-state index contributed by atoms with van der Waals surface area (Å²) in [7, 11) is 0. The highest BCUT2D eigenvalue weighted by Gasteiger charge is 2.22. The number of aromatic nitrogens is 5. The summed E-state index contributed by atoms with van der Waals surface area (Å²) < 4.78 is 0. The summed E-state index contributed by atoms with van der Waals surface area (Å²) in [6.45, 7) is 6.18. The van der Waals surface area contributed by atoms with Crippen molar-refractivity contribution in [2.45, 2.75) is 6.92 Å². The number of para-hydroxylation sites is 1. The Bertz CT molecular complexity index is 850. The highest BCUT2D eigenvalue weighted by Crippen LogP contribution is 2.23. The first-order valence-electron chi connectivity index (χ1n) is 9.14. The number of anilines is 4. The lowest BCUT2D eigenvalue weighted by molar-refractivity contribution is 0.623. The van der Waals surface area contributed by atoms with E-state index in [0.717, 1.165) is 50.2 Å². The summed E-state index contributed by atoms with van der Waals surface area (Å²) in [5.74, 6) is 2.24. The minimum Gasteiger partial charge on any atom is -0.337 e. The molecular weight excluding hydrogens is 340 g/mol. The number of hydrogen-bond donors (Lipinski definition) is 0. The van der Waals surface area contributed by atoms with E-state index in [1.54, 1.807) is 18.6 Å². The van der Waals surface area contributed by atoms with Crippen molar-refractivity contribution in [3.63, 3.8) is 0 Å². The third kappa shape index (κ3) is 3.79. The van der Waals surface area contributed by atoms with E-state index in [4.69, 9.17) is 4.98 Å². The molecule has 0 radical (unpaired) electrons. The molecule has 0 aliphatic carbocycles. The third-order valence-corrected chi connectivity index (χ3v) is 4.59. The highest BCUT2D eigenvalue weighted by molar-refractivity contribution is 5.59. The fourth-order valence-electron chi connectivity index (χ4n) is 3.20. The molecule has 0 atom stereocenters. The van der Waals surface area contributed by atoms with Gasteiger partial charge in [-0.25, -0.2) is 9.97 Å². The molecule has 4 rings (SSSR count). The molecule has 0 bridgehead atoms. The second-order valence-corrected chi connectivity index (χ2v) is 6.22. The van der Waals surface area contributed by atoms with Crippen molar-refractivity contribution in [3.8, 4) is 0 Å². The van der Waals surface area contributed by atoms with Crippen LogP contribution < -0.4 is 14.7 Å². The molecule has 0 spiro atoms. The smallest absolute Gasteiger partial charge is 0.247 e. The lowest BCUT2D eigenvalue weighted by Crippen LogP contribution is -2.47. The molecule has 138 valence electrons. The van der Waals surface area contributed by atoms with Crippen molar-refractivity contribution in [2.75, 3.05) is 47.4 Å². The molecule has 8 nitrogen and oxygen atoms in total. The van der Waals surface area contributed by atoms with Crippen LogP contribution in [0.3, 0.4) is 0 Å². The maximum Gasteiger partial charge on any atom is 0.247 e. The van der Waals surface area contributed by atoms with Crippen LogP contribution in [0.25, 0.3) is 0 Å². The van der Waals surface area contributed by atoms with Crippen molar-refractivity contribution in [1.82, 2.24) is 25.1 Å². The van der Waals surface area contributed by atoms with Gasteiger partial charge in [0.25, 0.3) is 0 Å². The SMILES string of the molecule is CCN(c1ccccc1)c1cnnc(N2CCN(c3ncccn3)CC2)n1. The average Bonchev–Trinajstić information content (AvgIpc) is 2.76. The number of nitrogens with zero attached hydrogens (tertiary/aromatic N) is 8. The second kappa shape index (κ2) is 7.94. The molecule has 8 heteroatoms. The van der Waals surface area contributed by atoms with Gasteiger partial charge in [0.1, 0.15) is 0 Å². The summed E-state index contributed by atoms with van der Waals surface area (Å²) >= 11 is 0. The lowest BCUT2D eigenvalue weighted by Gasteiger charge is -2.34. The molecule has 1 aromatic carbocycles. The maximum atomic E-state index is 4.77. The fourth-order valence-corrected chi connectivity index (χ4v) is 3.20. The van der Waals surface area contributed by atoms with Crippen LogP contribution in [0.5, 0.6) is 0 Å². The van der Waals surface area contributed by atoms with E-state index in [0.29, 0.717) is 5.95 Å². The molecule has 0 unspecified atom stereocenters. The van der Waals surface area contributed by atoms with Crippen LogP contribution in [-0.4, -0.2) is 57.9 Å². The summed E-state index contributed by atoms with van der Waals surface area (Å²) in [4.78, 5) is 19.9. The average molecular weight is 362 g/mol. The summed E-state index contributed by atoms with van der Waals surface area (Å²) in [6, 6.07) is 12.0. The van der Waals surface area contributed by atoms with E-state index in [-0.39, 0.29) is 0 Å². The topological polar surface area (TPSA) is 74.2 Å². The summed E-state index contributed by atoms with van der Waals surface area (Å²) in [6.07, 6.45) is 5.26. The van der Waals surface area contributed by atoms with E-state index in [9.17, 15) is 0 Å². The largest absolute Gasteiger partial charge is 0.337 e. The zero-order valence-electron chi connectivity index (χ0n) is 15.3. The quantitative estimate of drug-likeness (QED) is 0.683. The fraction of sp³-hybridized carbons (Fsp3) is 0.316. The molecule has 1 aliphatic rings. The van der Waals surface area contributed by atoms with Gasteiger partial charge in [-0.2, -0.15) is 10.1 Å². The van der Waals surface area contributed by atoms with E-state index in [1.807, 2.05) is 24.3 Å². The van der Waals surface area contributed by atoms with Gasteiger partial charge in [0.2, 0.25) is 11.9 Å². The Morgan fingerprint density at radius 1 is 0.889 bits per heavy atom. The molecular formula is C19H22N8. The minimum absolute atomic E-state index is 0.663. The van der Waals surface area contributed by atoms with Gasteiger partial charge in [-0.05, 0) is 25.1 Å². The molecule has 0 saturated carbocycles. The van der Waals surface area contributed by atoms with Crippen LogP contribution in [0.2, 0.25) is 0 Å². The van der Waals surface area contributed by atoms with Gasteiger partial charge < -0.3 is 14.7 Å². The van der Waals surface area contributed by atoms with Gasteiger partial charge in [-0.1, -0.05) is 18.2 Å². The van der Waals surface area contributed by atoms with Crippen molar-refractivity contribution < 1.29 is 0 Å². The molecule has 1 saturated heterocycles. The van der Waals surface area contributed by atoms with Gasteiger partial charge in [-0.3, -0.25) is 0 Å². The zero-order valence-corrected chi connectivity index (χ0v) is 15.3. The number of rotatable bonds is 5. The zero-order chi connectivity index (χ0) is 18.5. The van der Waals surface area contributed by atoms with Gasteiger partial charge in [0.15, 0.2) is 5.82 Å². The monoisotopic (exact) mass is 362 g/mol. The van der Waals surface area contributed by atoms with Crippen LogP contribution >= 0.6 is 0 Å². The van der Waals surface area contributed by atoms with Crippen LogP contribution in [0, 0.1) is 0 Å². The van der Waals surface area contributed by atoms with Crippen molar-refractivity contribution in [1.29, 1.82) is 0 Å². The lowest BCUT2D eigenvalue weighted by atomic mass is 10.3. The Morgan fingerprint density at radius 3 is 2.22 bits per heavy atom. The first kappa shape index (κ1) is 17.1. The highest BCUT2D eigenvalue weighted by atomic mass is 15.4. The second-order valence-electron chi connectivity index (χ2n) is 6.22. The maximum absolute atomic E-state index is 4.77. The van der Waals surface area contributed by atoms with Crippen molar-refractivity contribution >= 4 is 23.4 Å². The van der Waals surface area contributed by atoms with Gasteiger partial charge in [0, 0.05) is 50.8 Å². The number of hydrogen-bond acceptors (Lipinski definition) is 8. The Balaban J connectivity index is 1.48.